The molecule has 0 amide bonds. The average molecular weight is 782 g/mol. The fourth-order valence-electron chi connectivity index (χ4n) is 13.9. The maximum absolute atomic E-state index is 2.71. The van der Waals surface area contributed by atoms with Gasteiger partial charge < -0.3 is 4.90 Å². The van der Waals surface area contributed by atoms with Crippen LogP contribution in [-0.2, 0) is 27.1 Å². The molecule has 1 aliphatic heterocycles. The Morgan fingerprint density at radius 1 is 0.448 bits per heavy atom. The molecule has 0 saturated heterocycles. The van der Waals surface area contributed by atoms with Gasteiger partial charge in [0.1, 0.15) is 0 Å². The largest absolute Gasteiger partial charge is 0.309 e. The fourth-order valence-corrected chi connectivity index (χ4v) is 15.3. The number of hydrogen-bond donors (Lipinski definition) is 0. The quantitative estimate of drug-likeness (QED) is 0.179. The van der Waals surface area contributed by atoms with Gasteiger partial charge in [0.15, 0.2) is 0 Å². The SMILES string of the molecule is CC1(C)CCC(C)(C)c2cc(N(c3ccc4c(c3)C(C)(C)CCC4(C)C)c3cccc4c3Sc3c(-c5ccccc5)cccc3C43C4CC5CC(C4)CC3C5)ccc21. The maximum Gasteiger partial charge on any atom is 0.0604 e. The third kappa shape index (κ3) is 5.34. The van der Waals surface area contributed by atoms with E-state index in [1.54, 1.807) is 11.1 Å². The molecule has 298 valence electrons. The molecule has 7 aliphatic rings. The Kier molecular flexibility index (Phi) is 8.12. The van der Waals surface area contributed by atoms with Gasteiger partial charge in [-0.2, -0.15) is 0 Å². The van der Waals surface area contributed by atoms with E-state index in [0.29, 0.717) is 11.8 Å². The van der Waals surface area contributed by atoms with E-state index in [2.05, 4.69) is 175 Å². The van der Waals surface area contributed by atoms with Crippen LogP contribution in [0.15, 0.2) is 113 Å². The smallest absolute Gasteiger partial charge is 0.0604 e. The predicted octanol–water partition coefficient (Wildman–Crippen LogP) is 15.7. The molecule has 1 nitrogen and oxygen atoms in total. The van der Waals surface area contributed by atoms with E-state index >= 15 is 0 Å². The van der Waals surface area contributed by atoms with Crippen molar-refractivity contribution in [3.63, 3.8) is 0 Å². The lowest BCUT2D eigenvalue weighted by Crippen LogP contribution is -2.57. The van der Waals surface area contributed by atoms with E-state index in [0.717, 1.165) is 11.8 Å². The summed E-state index contributed by atoms with van der Waals surface area (Å²) in [5.74, 6) is 3.18. The molecular weight excluding hydrogens is 719 g/mol. The minimum absolute atomic E-state index is 0.0412. The van der Waals surface area contributed by atoms with Crippen LogP contribution in [0.2, 0.25) is 0 Å². The zero-order valence-corrected chi connectivity index (χ0v) is 37.2. The van der Waals surface area contributed by atoms with Gasteiger partial charge in [-0.05, 0) is 178 Å². The highest BCUT2D eigenvalue weighted by Crippen LogP contribution is 2.70. The molecule has 0 aromatic heterocycles. The molecule has 0 N–H and O–H groups in total. The van der Waals surface area contributed by atoms with Gasteiger partial charge in [-0.25, -0.2) is 0 Å². The Morgan fingerprint density at radius 2 is 0.931 bits per heavy atom. The molecular formula is C56H63NS. The zero-order chi connectivity index (χ0) is 40.0. The van der Waals surface area contributed by atoms with E-state index in [9.17, 15) is 0 Å². The summed E-state index contributed by atoms with van der Waals surface area (Å²) >= 11 is 2.08. The summed E-state index contributed by atoms with van der Waals surface area (Å²) in [5.41, 5.74) is 16.6. The molecule has 2 heteroatoms. The molecule has 0 atom stereocenters. The second-order valence-electron chi connectivity index (χ2n) is 22.3. The Balaban J connectivity index is 1.19. The number of nitrogens with zero attached hydrogens (tertiary/aromatic N) is 1. The molecule has 4 bridgehead atoms. The molecule has 6 aliphatic carbocycles. The zero-order valence-electron chi connectivity index (χ0n) is 36.3. The Bertz CT molecular complexity index is 2350. The second kappa shape index (κ2) is 12.6. The van der Waals surface area contributed by atoms with Crippen LogP contribution in [0, 0.1) is 23.7 Å². The summed E-state index contributed by atoms with van der Waals surface area (Å²) in [7, 11) is 0. The number of anilines is 3. The molecule has 4 fully saturated rings. The standard InChI is InChI=1S/C56H63NS/c1-52(2)24-26-54(5,6)47-33-40(20-22-43(47)52)57(41-21-23-44-48(34-41)55(7,8)27-25-53(44,3)4)49-19-13-18-46-51(49)58-50-42(37-14-10-9-11-15-37)16-12-17-45(50)56(46)38-29-35-28-36(31-38)32-39(56)30-35/h9-23,33-36,38-39H,24-32H2,1-8H3. The molecule has 12 rings (SSSR count). The van der Waals surface area contributed by atoms with Crippen LogP contribution in [0.5, 0.6) is 0 Å². The Hall–Kier alpha value is -3.75. The van der Waals surface area contributed by atoms with E-state index < -0.39 is 0 Å². The van der Waals surface area contributed by atoms with Gasteiger partial charge in [-0.1, -0.05) is 140 Å². The monoisotopic (exact) mass is 781 g/mol. The first-order chi connectivity index (χ1) is 27.7. The van der Waals surface area contributed by atoms with Gasteiger partial charge in [0.05, 0.1) is 5.69 Å². The minimum atomic E-state index is 0.0412. The molecule has 1 spiro atoms. The molecule has 1 heterocycles. The fraction of sp³-hybridized carbons (Fsp3) is 0.464. The van der Waals surface area contributed by atoms with Gasteiger partial charge in [-0.15, -0.1) is 0 Å². The minimum Gasteiger partial charge on any atom is -0.309 e. The van der Waals surface area contributed by atoms with Gasteiger partial charge in [0.2, 0.25) is 0 Å². The summed E-state index contributed by atoms with van der Waals surface area (Å²) in [5, 5.41) is 0. The summed E-state index contributed by atoms with van der Waals surface area (Å²) in [6, 6.07) is 41.3. The van der Waals surface area contributed by atoms with Crippen molar-refractivity contribution in [2.75, 3.05) is 4.90 Å². The molecule has 0 radical (unpaired) electrons. The highest BCUT2D eigenvalue weighted by Gasteiger charge is 2.61. The lowest BCUT2D eigenvalue weighted by Gasteiger charge is -2.63. The first-order valence-electron chi connectivity index (χ1n) is 22.8. The summed E-state index contributed by atoms with van der Waals surface area (Å²) in [6.45, 7) is 19.8. The van der Waals surface area contributed by atoms with Gasteiger partial charge >= 0.3 is 0 Å². The lowest BCUT2D eigenvalue weighted by atomic mass is 9.42. The number of rotatable bonds is 4. The third-order valence-electron chi connectivity index (χ3n) is 17.0. The van der Waals surface area contributed by atoms with Crippen molar-refractivity contribution in [1.82, 2.24) is 0 Å². The van der Waals surface area contributed by atoms with Crippen molar-refractivity contribution in [3.05, 3.63) is 137 Å². The second-order valence-corrected chi connectivity index (χ2v) is 23.3. The predicted molar refractivity (Wildman–Crippen MR) is 246 cm³/mol. The molecule has 0 unspecified atom stereocenters. The van der Waals surface area contributed by atoms with Crippen molar-refractivity contribution < 1.29 is 0 Å². The summed E-state index contributed by atoms with van der Waals surface area (Å²) < 4.78 is 0. The van der Waals surface area contributed by atoms with Crippen molar-refractivity contribution in [2.45, 2.75) is 150 Å². The highest BCUT2D eigenvalue weighted by atomic mass is 32.2. The van der Waals surface area contributed by atoms with Crippen LogP contribution in [0.1, 0.15) is 147 Å². The molecule has 58 heavy (non-hydrogen) atoms. The van der Waals surface area contributed by atoms with Crippen molar-refractivity contribution in [3.8, 4) is 11.1 Å². The number of hydrogen-bond acceptors (Lipinski definition) is 2. The van der Waals surface area contributed by atoms with E-state index in [-0.39, 0.29) is 27.1 Å². The van der Waals surface area contributed by atoms with Crippen LogP contribution in [0.25, 0.3) is 11.1 Å². The van der Waals surface area contributed by atoms with Gasteiger partial charge in [0, 0.05) is 26.6 Å². The number of benzene rings is 5. The van der Waals surface area contributed by atoms with Gasteiger partial charge in [-0.3, -0.25) is 0 Å². The highest BCUT2D eigenvalue weighted by molar-refractivity contribution is 7.99. The topological polar surface area (TPSA) is 3.24 Å². The maximum atomic E-state index is 2.71. The summed E-state index contributed by atoms with van der Waals surface area (Å²) in [4.78, 5) is 5.70. The van der Waals surface area contributed by atoms with E-state index in [1.165, 1.54) is 118 Å². The summed E-state index contributed by atoms with van der Waals surface area (Å²) in [6.07, 6.45) is 11.9. The molecule has 5 aromatic carbocycles. The van der Waals surface area contributed by atoms with Gasteiger partial charge in [0.25, 0.3) is 0 Å². The van der Waals surface area contributed by atoms with E-state index in [4.69, 9.17) is 0 Å². The third-order valence-corrected chi connectivity index (χ3v) is 18.3. The number of fused-ring (bicyclic) bond motifs is 4. The molecule has 5 aromatic rings. The van der Waals surface area contributed by atoms with E-state index in [1.807, 2.05) is 0 Å². The van der Waals surface area contributed by atoms with Crippen molar-refractivity contribution in [2.24, 2.45) is 23.7 Å². The van der Waals surface area contributed by atoms with Crippen LogP contribution in [-0.4, -0.2) is 0 Å². The first kappa shape index (κ1) is 37.3. The van der Waals surface area contributed by atoms with Crippen molar-refractivity contribution in [1.29, 1.82) is 0 Å². The Morgan fingerprint density at radius 3 is 1.47 bits per heavy atom. The average Bonchev–Trinajstić information content (AvgIpc) is 3.20. The van der Waals surface area contributed by atoms with Crippen LogP contribution >= 0.6 is 11.8 Å². The normalized spacial score (nSPS) is 28.6. The Labute approximate surface area is 353 Å². The van der Waals surface area contributed by atoms with Crippen LogP contribution < -0.4 is 4.90 Å². The lowest BCUT2D eigenvalue weighted by molar-refractivity contribution is -0.0443. The van der Waals surface area contributed by atoms with Crippen LogP contribution in [0.4, 0.5) is 17.1 Å². The first-order valence-corrected chi connectivity index (χ1v) is 23.6. The van der Waals surface area contributed by atoms with Crippen LogP contribution in [0.3, 0.4) is 0 Å². The molecule has 4 saturated carbocycles. The van der Waals surface area contributed by atoms with Crippen molar-refractivity contribution >= 4 is 28.8 Å².